The fourth-order valence-electron chi connectivity index (χ4n) is 0.816. The van der Waals surface area contributed by atoms with Crippen molar-refractivity contribution >= 4 is 6.08 Å². The highest BCUT2D eigenvalue weighted by molar-refractivity contribution is 5.50. The molecule has 1 rings (SSSR count). The van der Waals surface area contributed by atoms with Gasteiger partial charge in [0.25, 0.3) is 0 Å². The van der Waals surface area contributed by atoms with Crippen molar-refractivity contribution in [3.05, 3.63) is 55.1 Å². The van der Waals surface area contributed by atoms with E-state index in [4.69, 9.17) is 0 Å². The van der Waals surface area contributed by atoms with Gasteiger partial charge in [-0.3, -0.25) is 0 Å². The maximum atomic E-state index is 3.69. The highest BCUT2D eigenvalue weighted by Gasteiger charge is 1.86. The monoisotopic (exact) mass is 236 g/mol. The number of aryl methyl sites for hydroxylation is 1. The molecule has 0 heteroatoms. The molecule has 0 unspecified atom stereocenters. The Bertz CT molecular complexity index is 236. The predicted molar refractivity (Wildman–Crippen MR) is 86.6 cm³/mol. The zero-order chi connectivity index (χ0) is 13.4. The first-order valence-corrected chi connectivity index (χ1v) is 5.94. The van der Waals surface area contributed by atoms with E-state index in [9.17, 15) is 0 Å². The molecule has 17 heavy (non-hydrogen) atoms. The molecule has 0 aliphatic heterocycles. The van der Waals surface area contributed by atoms with Crippen LogP contribution in [0.4, 0.5) is 0 Å². The SMILES string of the molecule is C.C=C.C=Cc1ccccc1C.CC.CCC. The van der Waals surface area contributed by atoms with Gasteiger partial charge in [0.15, 0.2) is 0 Å². The highest BCUT2D eigenvalue weighted by Crippen LogP contribution is 2.06. The van der Waals surface area contributed by atoms with E-state index >= 15 is 0 Å². The summed E-state index contributed by atoms with van der Waals surface area (Å²) >= 11 is 0. The second kappa shape index (κ2) is 24.1. The molecule has 0 radical (unpaired) electrons. The molecule has 0 aliphatic rings. The Morgan fingerprint density at radius 1 is 1.06 bits per heavy atom. The van der Waals surface area contributed by atoms with Crippen molar-refractivity contribution in [2.75, 3.05) is 0 Å². The molecule has 0 saturated heterocycles. The van der Waals surface area contributed by atoms with E-state index in [1.54, 1.807) is 0 Å². The summed E-state index contributed by atoms with van der Waals surface area (Å²) in [5.41, 5.74) is 2.50. The summed E-state index contributed by atoms with van der Waals surface area (Å²) in [6, 6.07) is 8.19. The highest BCUT2D eigenvalue weighted by atomic mass is 13.9. The Kier molecular flexibility index (Phi) is 35.1. The van der Waals surface area contributed by atoms with Crippen LogP contribution in [0.1, 0.15) is 52.7 Å². The molecule has 0 atom stereocenters. The first-order valence-electron chi connectivity index (χ1n) is 5.94. The summed E-state index contributed by atoms with van der Waals surface area (Å²) in [6.45, 7) is 20.0. The van der Waals surface area contributed by atoms with Crippen molar-refractivity contribution in [2.24, 2.45) is 0 Å². The average Bonchev–Trinajstić information content (AvgIpc) is 2.36. The van der Waals surface area contributed by atoms with Gasteiger partial charge in [-0.15, -0.1) is 13.2 Å². The molecule has 0 saturated carbocycles. The molecule has 0 spiro atoms. The second-order valence-corrected chi connectivity index (χ2v) is 2.77. The van der Waals surface area contributed by atoms with Crippen molar-refractivity contribution in [2.45, 2.75) is 48.5 Å². The first kappa shape index (κ1) is 24.8. The molecule has 0 heterocycles. The first-order chi connectivity index (χ1) is 7.76. The molecule has 0 N–H and O–H groups in total. The lowest BCUT2D eigenvalue weighted by atomic mass is 10.1. The van der Waals surface area contributed by atoms with E-state index in [1.165, 1.54) is 17.5 Å². The van der Waals surface area contributed by atoms with E-state index < -0.39 is 0 Å². The van der Waals surface area contributed by atoms with Gasteiger partial charge in [0, 0.05) is 0 Å². The van der Waals surface area contributed by atoms with Crippen LogP contribution in [0.3, 0.4) is 0 Å². The van der Waals surface area contributed by atoms with Gasteiger partial charge in [-0.2, -0.15) is 0 Å². The topological polar surface area (TPSA) is 0 Å². The molecule has 1 aromatic rings. The van der Waals surface area contributed by atoms with Gasteiger partial charge in [0.2, 0.25) is 0 Å². The van der Waals surface area contributed by atoms with Gasteiger partial charge in [0.1, 0.15) is 0 Å². The van der Waals surface area contributed by atoms with Crippen LogP contribution in [-0.4, -0.2) is 0 Å². The van der Waals surface area contributed by atoms with Crippen molar-refractivity contribution in [3.8, 4) is 0 Å². The summed E-state index contributed by atoms with van der Waals surface area (Å²) in [5, 5.41) is 0. The van der Waals surface area contributed by atoms with Crippen molar-refractivity contribution in [1.82, 2.24) is 0 Å². The summed E-state index contributed by atoms with van der Waals surface area (Å²) in [4.78, 5) is 0. The summed E-state index contributed by atoms with van der Waals surface area (Å²) in [7, 11) is 0. The molecular weight excluding hydrogens is 204 g/mol. The van der Waals surface area contributed by atoms with Gasteiger partial charge in [-0.1, -0.05) is 78.5 Å². The lowest BCUT2D eigenvalue weighted by Crippen LogP contribution is -1.75. The number of benzene rings is 1. The minimum atomic E-state index is 0. The van der Waals surface area contributed by atoms with Crippen LogP contribution >= 0.6 is 0 Å². The molecule has 1 aromatic carbocycles. The normalized spacial score (nSPS) is 6.41. The van der Waals surface area contributed by atoms with Crippen LogP contribution in [-0.2, 0) is 0 Å². The van der Waals surface area contributed by atoms with Gasteiger partial charge in [0.05, 0.1) is 0 Å². The maximum Gasteiger partial charge on any atom is -0.0233 e. The molecule has 0 nitrogen and oxygen atoms in total. The van der Waals surface area contributed by atoms with Gasteiger partial charge < -0.3 is 0 Å². The lowest BCUT2D eigenvalue weighted by Gasteiger charge is -1.95. The zero-order valence-corrected chi connectivity index (χ0v) is 11.7. The van der Waals surface area contributed by atoms with E-state index in [1.807, 2.05) is 32.1 Å². The largest absolute Gasteiger partial charge is 0.106 e. The van der Waals surface area contributed by atoms with Gasteiger partial charge in [-0.25, -0.2) is 0 Å². The Morgan fingerprint density at radius 3 is 1.65 bits per heavy atom. The Hall–Kier alpha value is -1.30. The van der Waals surface area contributed by atoms with Crippen LogP contribution in [0, 0.1) is 6.92 Å². The van der Waals surface area contributed by atoms with Gasteiger partial charge in [-0.05, 0) is 18.1 Å². The van der Waals surface area contributed by atoms with Crippen LogP contribution < -0.4 is 0 Å². The standard InChI is InChI=1S/C9H10.C3H8.C2H6.C2H4.CH4/c1-3-9-7-5-4-6-8(9)2;1-3-2;2*1-2;/h3-7H,1H2,2H3;3H2,1-2H3;1-2H3;1-2H2;1H4. The smallest absolute Gasteiger partial charge is 0.0233 e. The summed E-state index contributed by atoms with van der Waals surface area (Å²) in [6.07, 6.45) is 3.12. The van der Waals surface area contributed by atoms with Crippen LogP contribution in [0.5, 0.6) is 0 Å². The van der Waals surface area contributed by atoms with Crippen LogP contribution in [0.2, 0.25) is 0 Å². The molecular formula is C17H32. The maximum absolute atomic E-state index is 3.69. The molecule has 0 amide bonds. The van der Waals surface area contributed by atoms with Crippen molar-refractivity contribution < 1.29 is 0 Å². The van der Waals surface area contributed by atoms with E-state index in [0.29, 0.717) is 0 Å². The number of rotatable bonds is 1. The third-order valence-corrected chi connectivity index (χ3v) is 1.41. The van der Waals surface area contributed by atoms with Gasteiger partial charge >= 0.3 is 0 Å². The molecule has 0 aliphatic carbocycles. The molecule has 0 fully saturated rings. The number of hydrogen-bond acceptors (Lipinski definition) is 0. The van der Waals surface area contributed by atoms with Crippen molar-refractivity contribution in [1.29, 1.82) is 0 Å². The third kappa shape index (κ3) is 17.3. The second-order valence-electron chi connectivity index (χ2n) is 2.77. The average molecular weight is 236 g/mol. The Morgan fingerprint density at radius 2 is 1.41 bits per heavy atom. The van der Waals surface area contributed by atoms with Crippen LogP contribution in [0.25, 0.3) is 6.08 Å². The quantitative estimate of drug-likeness (QED) is 0.487. The predicted octanol–water partition coefficient (Wildman–Crippen LogP) is 6.52. The van der Waals surface area contributed by atoms with Crippen molar-refractivity contribution in [3.63, 3.8) is 0 Å². The molecule has 0 bridgehead atoms. The molecule has 100 valence electrons. The fourth-order valence-corrected chi connectivity index (χ4v) is 0.816. The van der Waals surface area contributed by atoms with E-state index in [0.717, 1.165) is 0 Å². The Balaban J connectivity index is -0.0000000911. The van der Waals surface area contributed by atoms with E-state index in [-0.39, 0.29) is 7.43 Å². The third-order valence-electron chi connectivity index (χ3n) is 1.41. The minimum absolute atomic E-state index is 0. The Labute approximate surface area is 110 Å². The summed E-state index contributed by atoms with van der Waals surface area (Å²) < 4.78 is 0. The molecule has 0 aromatic heterocycles. The van der Waals surface area contributed by atoms with Crippen LogP contribution in [0.15, 0.2) is 44.0 Å². The van der Waals surface area contributed by atoms with E-state index in [2.05, 4.69) is 52.6 Å². The number of hydrogen-bond donors (Lipinski definition) is 0. The zero-order valence-electron chi connectivity index (χ0n) is 11.7. The lowest BCUT2D eigenvalue weighted by molar-refractivity contribution is 1.09. The summed E-state index contributed by atoms with van der Waals surface area (Å²) in [5.74, 6) is 0. The minimum Gasteiger partial charge on any atom is -0.106 e. The fraction of sp³-hybridized carbons (Fsp3) is 0.412.